The van der Waals surface area contributed by atoms with Crippen LogP contribution in [0.5, 0.6) is 17.2 Å². The smallest absolute Gasteiger partial charge is 0.300 e. The van der Waals surface area contributed by atoms with Crippen LogP contribution in [-0.4, -0.2) is 89.4 Å². The van der Waals surface area contributed by atoms with Gasteiger partial charge in [-0.15, -0.1) is 0 Å². The molecule has 0 spiro atoms. The third-order valence-electron chi connectivity index (χ3n) is 8.38. The van der Waals surface area contributed by atoms with Crippen molar-refractivity contribution in [2.45, 2.75) is 39.3 Å². The highest BCUT2D eigenvalue weighted by atomic mass is 16.5. The minimum Gasteiger partial charge on any atom is -0.497 e. The van der Waals surface area contributed by atoms with E-state index in [2.05, 4.69) is 32.5 Å². The van der Waals surface area contributed by atoms with Crippen molar-refractivity contribution in [1.29, 1.82) is 0 Å². The number of hydrogen-bond acceptors (Lipinski definition) is 8. The summed E-state index contributed by atoms with van der Waals surface area (Å²) < 4.78 is 17.9. The molecule has 0 radical (unpaired) electrons. The second kappa shape index (κ2) is 16.6. The van der Waals surface area contributed by atoms with Crippen molar-refractivity contribution in [3.63, 3.8) is 0 Å². The molecule has 0 saturated carbocycles. The van der Waals surface area contributed by atoms with Crippen LogP contribution in [0.1, 0.15) is 48.6 Å². The lowest BCUT2D eigenvalue weighted by Gasteiger charge is -2.38. The maximum absolute atomic E-state index is 13.3. The number of aliphatic carboxylic acids is 1. The SMILES string of the molecule is CC(=O)O.COc1ccc(-c2[nH]ncc2CN2CCCOc3cccc(c3)C3c4ccc(cc4CCN3C(=O)CNC(C)=O)OCC2)cc1. The molecule has 1 atom stereocenters. The average Bonchev–Trinajstić information content (AvgIpc) is 3.56. The van der Waals surface area contributed by atoms with E-state index < -0.39 is 5.97 Å². The molecule has 3 aliphatic rings. The lowest BCUT2D eigenvalue weighted by atomic mass is 9.87. The number of ether oxygens (including phenoxy) is 3. The van der Waals surface area contributed by atoms with E-state index in [4.69, 9.17) is 24.1 Å². The van der Waals surface area contributed by atoms with Crippen LogP contribution < -0.4 is 19.5 Å². The molecule has 258 valence electrons. The van der Waals surface area contributed by atoms with E-state index in [0.717, 1.165) is 77.2 Å². The number of carboxylic acids is 1. The van der Waals surface area contributed by atoms with E-state index in [-0.39, 0.29) is 24.4 Å². The van der Waals surface area contributed by atoms with Gasteiger partial charge >= 0.3 is 0 Å². The summed E-state index contributed by atoms with van der Waals surface area (Å²) in [6.45, 7) is 6.35. The normalized spacial score (nSPS) is 16.0. The summed E-state index contributed by atoms with van der Waals surface area (Å²) in [6, 6.07) is 21.8. The number of H-pyrrole nitrogens is 1. The Labute approximate surface area is 286 Å². The van der Waals surface area contributed by atoms with E-state index in [1.54, 1.807) is 7.11 Å². The van der Waals surface area contributed by atoms with Crippen molar-refractivity contribution in [3.8, 4) is 28.5 Å². The Morgan fingerprint density at radius 2 is 1.73 bits per heavy atom. The van der Waals surface area contributed by atoms with Crippen LogP contribution in [0.25, 0.3) is 11.3 Å². The number of aromatic amines is 1. The molecule has 0 fully saturated rings. The molecule has 12 heteroatoms. The highest BCUT2D eigenvalue weighted by Gasteiger charge is 2.32. The van der Waals surface area contributed by atoms with E-state index in [1.807, 2.05) is 65.7 Å². The molecule has 12 nitrogen and oxygen atoms in total. The van der Waals surface area contributed by atoms with Crippen LogP contribution in [0.15, 0.2) is 72.9 Å². The monoisotopic (exact) mass is 669 g/mol. The van der Waals surface area contributed by atoms with E-state index in [9.17, 15) is 9.59 Å². The first-order chi connectivity index (χ1) is 23.7. The first-order valence-electron chi connectivity index (χ1n) is 16.3. The molecule has 7 rings (SSSR count). The summed E-state index contributed by atoms with van der Waals surface area (Å²) in [6.07, 6.45) is 3.42. The van der Waals surface area contributed by atoms with Crippen LogP contribution in [0, 0.1) is 0 Å². The van der Waals surface area contributed by atoms with E-state index >= 15 is 0 Å². The fraction of sp³-hybridized carbons (Fsp3) is 0.351. The van der Waals surface area contributed by atoms with Crippen molar-refractivity contribution < 1.29 is 33.7 Å². The topological polar surface area (TPSA) is 146 Å². The maximum Gasteiger partial charge on any atom is 0.300 e. The van der Waals surface area contributed by atoms with Gasteiger partial charge < -0.3 is 29.5 Å². The lowest BCUT2D eigenvalue weighted by Crippen LogP contribution is -2.45. The molecule has 6 bridgehead atoms. The highest BCUT2D eigenvalue weighted by Crippen LogP contribution is 2.38. The zero-order valence-electron chi connectivity index (χ0n) is 28.1. The molecule has 4 heterocycles. The van der Waals surface area contributed by atoms with E-state index in [1.165, 1.54) is 6.92 Å². The molecule has 0 saturated heterocycles. The lowest BCUT2D eigenvalue weighted by molar-refractivity contribution is -0.134. The first kappa shape index (κ1) is 35.0. The minimum absolute atomic E-state index is 0.0323. The Morgan fingerprint density at radius 3 is 2.49 bits per heavy atom. The van der Waals surface area contributed by atoms with Gasteiger partial charge in [0.2, 0.25) is 11.8 Å². The first-order valence-corrected chi connectivity index (χ1v) is 16.3. The standard InChI is InChI=1S/C35H39N5O5.C2H4O2/c1-24(41)36-22-33(42)40-15-13-26-19-31-11-12-32(26)35(40)27-5-3-6-30(20-27)44-17-4-14-39(16-18-45-31)23-28-21-37-38-34(28)25-7-9-29(43-2)10-8-25;1-2(3)4/h3,5-12,19-21,35H,4,13-18,22-23H2,1-2H3,(H,36,41)(H,37,38);1H3,(H,3,4). The molecule has 49 heavy (non-hydrogen) atoms. The van der Waals surface area contributed by atoms with Gasteiger partial charge in [-0.1, -0.05) is 18.2 Å². The van der Waals surface area contributed by atoms with Crippen molar-refractivity contribution in [3.05, 3.63) is 95.2 Å². The summed E-state index contributed by atoms with van der Waals surface area (Å²) in [4.78, 5) is 38.0. The third kappa shape index (κ3) is 9.38. The Bertz CT molecular complexity index is 1740. The number of hydrogen-bond donors (Lipinski definition) is 3. The van der Waals surface area contributed by atoms with Gasteiger partial charge in [0.1, 0.15) is 23.9 Å². The van der Waals surface area contributed by atoms with Gasteiger partial charge in [0, 0.05) is 51.2 Å². The third-order valence-corrected chi connectivity index (χ3v) is 8.38. The summed E-state index contributed by atoms with van der Waals surface area (Å²) in [5.41, 5.74) is 6.34. The van der Waals surface area contributed by atoms with Gasteiger partial charge in [-0.3, -0.25) is 24.4 Å². The minimum atomic E-state index is -0.833. The number of benzene rings is 3. The second-order valence-electron chi connectivity index (χ2n) is 11.9. The molecular formula is C37H43N5O7. The molecule has 1 unspecified atom stereocenters. The molecule has 2 amide bonds. The molecule has 3 aliphatic heterocycles. The molecular weight excluding hydrogens is 626 g/mol. The number of rotatable bonds is 6. The summed E-state index contributed by atoms with van der Waals surface area (Å²) in [5.74, 6) is 1.22. The maximum atomic E-state index is 13.3. The predicted octanol–water partition coefficient (Wildman–Crippen LogP) is 4.45. The molecule has 3 N–H and O–H groups in total. The van der Waals surface area contributed by atoms with Crippen molar-refractivity contribution in [2.24, 2.45) is 0 Å². The number of fused-ring (bicyclic) bond motifs is 8. The molecule has 0 aliphatic carbocycles. The number of nitrogens with zero attached hydrogens (tertiary/aromatic N) is 3. The number of carbonyl (C=O) groups excluding carboxylic acids is 2. The fourth-order valence-electron chi connectivity index (χ4n) is 6.12. The Hall–Kier alpha value is -5.36. The van der Waals surface area contributed by atoms with E-state index in [0.29, 0.717) is 32.7 Å². The van der Waals surface area contributed by atoms with Gasteiger partial charge in [-0.2, -0.15) is 5.10 Å². The summed E-state index contributed by atoms with van der Waals surface area (Å²) >= 11 is 0. The average molecular weight is 670 g/mol. The zero-order valence-corrected chi connectivity index (χ0v) is 28.1. The molecule has 4 aromatic rings. The van der Waals surface area contributed by atoms with Crippen LogP contribution >= 0.6 is 0 Å². The van der Waals surface area contributed by atoms with Gasteiger partial charge in [-0.05, 0) is 78.1 Å². The number of carboxylic acid groups (broad SMARTS) is 1. The number of carbonyl (C=O) groups is 3. The quantitative estimate of drug-likeness (QED) is 0.271. The van der Waals surface area contributed by atoms with Crippen LogP contribution in [0.2, 0.25) is 0 Å². The number of aromatic nitrogens is 2. The zero-order chi connectivity index (χ0) is 34.8. The van der Waals surface area contributed by atoms with Crippen molar-refractivity contribution >= 4 is 17.8 Å². The van der Waals surface area contributed by atoms with Gasteiger partial charge in [0.15, 0.2) is 0 Å². The molecule has 1 aromatic heterocycles. The molecule has 3 aromatic carbocycles. The van der Waals surface area contributed by atoms with Gasteiger partial charge in [-0.25, -0.2) is 0 Å². The van der Waals surface area contributed by atoms with Crippen molar-refractivity contribution in [1.82, 2.24) is 25.3 Å². The number of methoxy groups -OCH3 is 1. The van der Waals surface area contributed by atoms with Crippen LogP contribution in [0.3, 0.4) is 0 Å². The predicted molar refractivity (Wildman–Crippen MR) is 184 cm³/mol. The summed E-state index contributed by atoms with van der Waals surface area (Å²) in [5, 5.41) is 17.6. The van der Waals surface area contributed by atoms with Gasteiger partial charge in [0.25, 0.3) is 5.97 Å². The Morgan fingerprint density at radius 1 is 0.980 bits per heavy atom. The Kier molecular flexibility index (Phi) is 11.9. The summed E-state index contributed by atoms with van der Waals surface area (Å²) in [7, 11) is 1.66. The largest absolute Gasteiger partial charge is 0.497 e. The number of amides is 2. The van der Waals surface area contributed by atoms with Crippen LogP contribution in [0.4, 0.5) is 0 Å². The van der Waals surface area contributed by atoms with Crippen LogP contribution in [-0.2, 0) is 27.3 Å². The highest BCUT2D eigenvalue weighted by molar-refractivity contribution is 5.84. The number of nitrogens with one attached hydrogen (secondary N) is 2. The van der Waals surface area contributed by atoms with Crippen molar-refractivity contribution in [2.75, 3.05) is 46.5 Å². The Balaban J connectivity index is 0.00000111. The van der Waals surface area contributed by atoms with Gasteiger partial charge in [0.05, 0.1) is 38.2 Å². The fourth-order valence-corrected chi connectivity index (χ4v) is 6.12. The second-order valence-corrected chi connectivity index (χ2v) is 11.9.